The number of nitrogens with one attached hydrogen (secondary N) is 3. The van der Waals surface area contributed by atoms with Crippen molar-refractivity contribution >= 4 is 0 Å². The third-order valence-electron chi connectivity index (χ3n) is 1.88. The molecule has 0 saturated carbocycles. The fourth-order valence-electron chi connectivity index (χ4n) is 1.26. The van der Waals surface area contributed by atoms with Gasteiger partial charge in [-0.25, -0.2) is 4.98 Å². The van der Waals surface area contributed by atoms with Crippen LogP contribution in [0.3, 0.4) is 0 Å². The number of aromatic nitrogens is 3. The third kappa shape index (κ3) is 1.62. The molecule has 4 heteroatoms. The summed E-state index contributed by atoms with van der Waals surface area (Å²) in [4.78, 5) is 10.5. The van der Waals surface area contributed by atoms with E-state index >= 15 is 0 Å². The molecule has 0 aromatic carbocycles. The fourth-order valence-corrected chi connectivity index (χ4v) is 1.26. The second-order valence-electron chi connectivity index (χ2n) is 2.87. The molecule has 13 heavy (non-hydrogen) atoms. The van der Waals surface area contributed by atoms with Gasteiger partial charge in [-0.15, -0.1) is 0 Å². The van der Waals surface area contributed by atoms with Crippen molar-refractivity contribution in [3.05, 3.63) is 30.5 Å². The molecule has 0 bridgehead atoms. The normalized spacial score (nSPS) is 10.5. The lowest BCUT2D eigenvalue weighted by Crippen LogP contribution is -2.06. The zero-order valence-corrected chi connectivity index (χ0v) is 7.46. The Labute approximate surface area is 76.4 Å². The summed E-state index contributed by atoms with van der Waals surface area (Å²) in [6.07, 6.45) is 5.68. The lowest BCUT2D eigenvalue weighted by Gasteiger charge is -1.92. The first-order chi connectivity index (χ1) is 6.40. The van der Waals surface area contributed by atoms with Gasteiger partial charge in [-0.2, -0.15) is 0 Å². The Morgan fingerprint density at radius 2 is 2.46 bits per heavy atom. The van der Waals surface area contributed by atoms with Crippen molar-refractivity contribution in [3.63, 3.8) is 0 Å². The van der Waals surface area contributed by atoms with E-state index in [4.69, 9.17) is 0 Å². The highest BCUT2D eigenvalue weighted by Gasteiger charge is 2.01. The highest BCUT2D eigenvalue weighted by atomic mass is 15.0. The minimum Gasteiger partial charge on any atom is -0.367 e. The molecule has 0 saturated heterocycles. The fraction of sp³-hybridized carbons (Fsp3) is 0.222. The molecule has 0 fully saturated rings. The molecular weight excluding hydrogens is 164 g/mol. The summed E-state index contributed by atoms with van der Waals surface area (Å²) in [5, 5.41) is 3.04. The Morgan fingerprint density at radius 3 is 3.15 bits per heavy atom. The minimum absolute atomic E-state index is 0.768. The van der Waals surface area contributed by atoms with Crippen LogP contribution >= 0.6 is 0 Å². The lowest BCUT2D eigenvalue weighted by molar-refractivity contribution is 0.772. The molecule has 3 N–H and O–H groups in total. The number of imidazole rings is 1. The molecular formula is C9H12N4. The number of aromatic amines is 2. The molecule has 2 rings (SSSR count). The van der Waals surface area contributed by atoms with Gasteiger partial charge in [0.05, 0.1) is 18.4 Å². The van der Waals surface area contributed by atoms with Crippen LogP contribution in [0.2, 0.25) is 0 Å². The highest BCUT2D eigenvalue weighted by Crippen LogP contribution is 2.15. The van der Waals surface area contributed by atoms with Gasteiger partial charge >= 0.3 is 0 Å². The molecule has 0 unspecified atom stereocenters. The largest absolute Gasteiger partial charge is 0.367 e. The first-order valence-corrected chi connectivity index (χ1v) is 4.22. The smallest absolute Gasteiger partial charge is 0.120 e. The average molecular weight is 176 g/mol. The standard InChI is InChI=1S/C9H12N4/c1-10-6-9-12-5-8(13-9)7-2-3-11-4-7/h2-5,10-11H,6H2,1H3,(H,12,13). The second kappa shape index (κ2) is 3.45. The number of nitrogens with zero attached hydrogens (tertiary/aromatic N) is 1. The first kappa shape index (κ1) is 8.07. The van der Waals surface area contributed by atoms with Crippen LogP contribution in [0.25, 0.3) is 11.3 Å². The Morgan fingerprint density at radius 1 is 1.54 bits per heavy atom. The molecule has 68 valence electrons. The van der Waals surface area contributed by atoms with E-state index in [1.165, 1.54) is 0 Å². The quantitative estimate of drug-likeness (QED) is 0.656. The molecule has 0 aliphatic rings. The highest BCUT2D eigenvalue weighted by molar-refractivity contribution is 5.57. The molecule has 0 amide bonds. The number of rotatable bonds is 3. The zero-order valence-electron chi connectivity index (χ0n) is 7.46. The van der Waals surface area contributed by atoms with Gasteiger partial charge in [0.25, 0.3) is 0 Å². The van der Waals surface area contributed by atoms with Crippen LogP contribution in [0.5, 0.6) is 0 Å². The van der Waals surface area contributed by atoms with E-state index in [9.17, 15) is 0 Å². The van der Waals surface area contributed by atoms with E-state index in [1.54, 1.807) is 0 Å². The van der Waals surface area contributed by atoms with Crippen LogP contribution in [0.15, 0.2) is 24.7 Å². The van der Waals surface area contributed by atoms with Crippen LogP contribution < -0.4 is 5.32 Å². The topological polar surface area (TPSA) is 56.5 Å². The summed E-state index contributed by atoms with van der Waals surface area (Å²) in [6, 6.07) is 2.01. The van der Waals surface area contributed by atoms with Gasteiger partial charge in [0.15, 0.2) is 0 Å². The molecule has 0 radical (unpaired) electrons. The second-order valence-corrected chi connectivity index (χ2v) is 2.87. The molecule has 4 nitrogen and oxygen atoms in total. The maximum Gasteiger partial charge on any atom is 0.120 e. The van der Waals surface area contributed by atoms with Crippen molar-refractivity contribution in [2.24, 2.45) is 0 Å². The third-order valence-corrected chi connectivity index (χ3v) is 1.88. The molecule has 0 atom stereocenters. The van der Waals surface area contributed by atoms with Crippen molar-refractivity contribution in [3.8, 4) is 11.3 Å². The average Bonchev–Trinajstić information content (AvgIpc) is 2.70. The Hall–Kier alpha value is -1.55. The SMILES string of the molecule is CNCc1ncc(-c2cc[nH]c2)[nH]1. The van der Waals surface area contributed by atoms with Crippen molar-refractivity contribution in [1.82, 2.24) is 20.3 Å². The van der Waals surface area contributed by atoms with Crippen molar-refractivity contribution in [2.75, 3.05) is 7.05 Å². The number of H-pyrrole nitrogens is 2. The number of hydrogen-bond acceptors (Lipinski definition) is 2. The summed E-state index contributed by atoms with van der Waals surface area (Å²) in [7, 11) is 1.90. The Bertz CT molecular complexity index is 361. The van der Waals surface area contributed by atoms with Gasteiger partial charge in [-0.3, -0.25) is 0 Å². The van der Waals surface area contributed by atoms with Crippen molar-refractivity contribution in [1.29, 1.82) is 0 Å². The van der Waals surface area contributed by atoms with Crippen molar-refractivity contribution in [2.45, 2.75) is 6.54 Å². The lowest BCUT2D eigenvalue weighted by atomic mass is 10.3. The molecule has 2 heterocycles. The molecule has 2 aromatic rings. The summed E-state index contributed by atoms with van der Waals surface area (Å²) in [5.74, 6) is 0.957. The summed E-state index contributed by atoms with van der Waals surface area (Å²) < 4.78 is 0. The van der Waals surface area contributed by atoms with Gasteiger partial charge in [0.1, 0.15) is 5.82 Å². The van der Waals surface area contributed by atoms with Crippen molar-refractivity contribution < 1.29 is 0 Å². The first-order valence-electron chi connectivity index (χ1n) is 4.22. The summed E-state index contributed by atoms with van der Waals surface area (Å²) >= 11 is 0. The monoisotopic (exact) mass is 176 g/mol. The maximum atomic E-state index is 4.23. The van der Waals surface area contributed by atoms with E-state index in [0.29, 0.717) is 0 Å². The minimum atomic E-state index is 0.768. The van der Waals surface area contributed by atoms with Gasteiger partial charge < -0.3 is 15.3 Å². The predicted molar refractivity (Wildman–Crippen MR) is 51.1 cm³/mol. The number of hydrogen-bond donors (Lipinski definition) is 3. The van der Waals surface area contributed by atoms with E-state index in [0.717, 1.165) is 23.6 Å². The molecule has 0 spiro atoms. The van der Waals surface area contributed by atoms with E-state index in [2.05, 4.69) is 20.3 Å². The summed E-state index contributed by atoms with van der Waals surface area (Å²) in [6.45, 7) is 0.768. The zero-order chi connectivity index (χ0) is 9.10. The molecule has 2 aromatic heterocycles. The van der Waals surface area contributed by atoms with Gasteiger partial charge in [0.2, 0.25) is 0 Å². The maximum absolute atomic E-state index is 4.23. The van der Waals surface area contributed by atoms with Crippen LogP contribution in [0.4, 0.5) is 0 Å². The van der Waals surface area contributed by atoms with Gasteiger partial charge in [-0.1, -0.05) is 0 Å². The molecule has 0 aliphatic heterocycles. The van der Waals surface area contributed by atoms with Gasteiger partial charge in [-0.05, 0) is 13.1 Å². The van der Waals surface area contributed by atoms with Crippen LogP contribution in [-0.2, 0) is 6.54 Å². The molecule has 0 aliphatic carbocycles. The van der Waals surface area contributed by atoms with E-state index in [-0.39, 0.29) is 0 Å². The van der Waals surface area contributed by atoms with E-state index < -0.39 is 0 Å². The van der Waals surface area contributed by atoms with Crippen LogP contribution in [0.1, 0.15) is 5.82 Å². The van der Waals surface area contributed by atoms with Gasteiger partial charge in [0, 0.05) is 18.0 Å². The Kier molecular flexibility index (Phi) is 2.14. The van der Waals surface area contributed by atoms with E-state index in [1.807, 2.05) is 31.7 Å². The van der Waals surface area contributed by atoms with Crippen LogP contribution in [-0.4, -0.2) is 22.0 Å². The Balaban J connectivity index is 2.23. The predicted octanol–water partition coefficient (Wildman–Crippen LogP) is 1.12. The van der Waals surface area contributed by atoms with Crippen LogP contribution in [0, 0.1) is 0 Å². The summed E-state index contributed by atoms with van der Waals surface area (Å²) in [5.41, 5.74) is 2.18.